The number of hydrogen-bond donors (Lipinski definition) is 1. The van der Waals surface area contributed by atoms with Gasteiger partial charge in [0.25, 0.3) is 0 Å². The molecule has 0 aromatic rings. The summed E-state index contributed by atoms with van der Waals surface area (Å²) in [6.07, 6.45) is 2.44. The van der Waals surface area contributed by atoms with Crippen LogP contribution >= 0.6 is 0 Å². The fourth-order valence-electron chi connectivity index (χ4n) is 2.06. The van der Waals surface area contributed by atoms with Crippen molar-refractivity contribution < 1.29 is 5.11 Å². The quantitative estimate of drug-likeness (QED) is 0.496. The predicted octanol–water partition coefficient (Wildman–Crippen LogP) is 1.02. The average molecular weight is 112 g/mol. The second-order valence-electron chi connectivity index (χ2n) is 3.34. The van der Waals surface area contributed by atoms with E-state index in [-0.39, 0.29) is 6.10 Å². The lowest BCUT2D eigenvalue weighted by Gasteiger charge is -2.04. The molecule has 0 amide bonds. The molecule has 3 unspecified atom stereocenters. The molecule has 0 saturated heterocycles. The van der Waals surface area contributed by atoms with E-state index < -0.39 is 0 Å². The molecule has 46 valence electrons. The van der Waals surface area contributed by atoms with Crippen molar-refractivity contribution in [3.8, 4) is 0 Å². The summed E-state index contributed by atoms with van der Waals surface area (Å²) >= 11 is 0. The Hall–Kier alpha value is -0.0400. The van der Waals surface area contributed by atoms with E-state index in [1.807, 2.05) is 0 Å². The van der Waals surface area contributed by atoms with Gasteiger partial charge in [-0.3, -0.25) is 0 Å². The highest BCUT2D eigenvalue weighted by Gasteiger charge is 2.51. The lowest BCUT2D eigenvalue weighted by atomic mass is 10.1. The summed E-state index contributed by atoms with van der Waals surface area (Å²) in [5.41, 5.74) is 0. The van der Waals surface area contributed by atoms with Gasteiger partial charge in [-0.1, -0.05) is 6.92 Å². The largest absolute Gasteiger partial charge is 0.393 e. The predicted molar refractivity (Wildman–Crippen MR) is 31.4 cm³/mol. The molecule has 0 heterocycles. The molecule has 0 radical (unpaired) electrons. The average Bonchev–Trinajstić information content (AvgIpc) is 2.35. The summed E-state index contributed by atoms with van der Waals surface area (Å²) in [4.78, 5) is 0. The van der Waals surface area contributed by atoms with Crippen molar-refractivity contribution in [2.24, 2.45) is 17.8 Å². The first-order valence-electron chi connectivity index (χ1n) is 3.47. The summed E-state index contributed by atoms with van der Waals surface area (Å²) in [5.74, 6) is 2.44. The Morgan fingerprint density at radius 3 is 2.12 bits per heavy atom. The Labute approximate surface area is 49.7 Å². The maximum atomic E-state index is 9.21. The molecule has 0 bridgehead atoms. The third kappa shape index (κ3) is 0.455. The minimum absolute atomic E-state index is 0.0648. The highest BCUT2D eigenvalue weighted by atomic mass is 16.3. The Balaban J connectivity index is 2.09. The number of aliphatic hydroxyl groups excluding tert-OH is 1. The van der Waals surface area contributed by atoms with E-state index in [4.69, 9.17) is 0 Å². The molecular weight excluding hydrogens is 100 g/mol. The van der Waals surface area contributed by atoms with E-state index in [9.17, 15) is 5.11 Å². The Kier molecular flexibility index (Phi) is 0.762. The highest BCUT2D eigenvalue weighted by Crippen LogP contribution is 2.54. The molecule has 1 nitrogen and oxygen atoms in total. The van der Waals surface area contributed by atoms with Crippen LogP contribution in [0.2, 0.25) is 0 Å². The van der Waals surface area contributed by atoms with Gasteiger partial charge >= 0.3 is 0 Å². The first kappa shape index (κ1) is 4.80. The van der Waals surface area contributed by atoms with Crippen molar-refractivity contribution in [3.05, 3.63) is 0 Å². The topological polar surface area (TPSA) is 20.2 Å². The van der Waals surface area contributed by atoms with Gasteiger partial charge in [0.15, 0.2) is 0 Å². The molecule has 0 aliphatic heterocycles. The third-order valence-electron chi connectivity index (χ3n) is 2.73. The Bertz CT molecular complexity index is 95.0. The van der Waals surface area contributed by atoms with Crippen molar-refractivity contribution in [1.29, 1.82) is 0 Å². The van der Waals surface area contributed by atoms with Gasteiger partial charge in [0.1, 0.15) is 0 Å². The van der Waals surface area contributed by atoms with Crippen LogP contribution < -0.4 is 0 Å². The van der Waals surface area contributed by atoms with E-state index in [1.165, 1.54) is 6.42 Å². The van der Waals surface area contributed by atoms with Gasteiger partial charge in [-0.25, -0.2) is 0 Å². The maximum absolute atomic E-state index is 9.21. The van der Waals surface area contributed by atoms with Crippen LogP contribution in [0.1, 0.15) is 19.8 Å². The molecular formula is C7H12O. The summed E-state index contributed by atoms with van der Waals surface area (Å²) in [7, 11) is 0. The fourth-order valence-corrected chi connectivity index (χ4v) is 2.06. The van der Waals surface area contributed by atoms with Crippen molar-refractivity contribution >= 4 is 0 Å². The van der Waals surface area contributed by atoms with Crippen molar-refractivity contribution in [2.45, 2.75) is 25.9 Å². The minimum atomic E-state index is 0.0648. The SMILES string of the molecule is C[C@H]1CC(O)C2CC21. The number of hydrogen-bond acceptors (Lipinski definition) is 1. The Morgan fingerprint density at radius 1 is 1.25 bits per heavy atom. The second-order valence-corrected chi connectivity index (χ2v) is 3.34. The molecule has 2 aliphatic rings. The van der Waals surface area contributed by atoms with Crippen molar-refractivity contribution in [3.63, 3.8) is 0 Å². The highest BCUT2D eigenvalue weighted by molar-refractivity contribution is 5.01. The molecule has 2 saturated carbocycles. The lowest BCUT2D eigenvalue weighted by Crippen LogP contribution is -2.05. The van der Waals surface area contributed by atoms with E-state index in [0.29, 0.717) is 5.92 Å². The molecule has 1 heteroatoms. The summed E-state index contributed by atoms with van der Waals surface area (Å²) in [6, 6.07) is 0. The molecule has 0 spiro atoms. The van der Waals surface area contributed by atoms with Gasteiger partial charge in [-0.2, -0.15) is 0 Å². The van der Waals surface area contributed by atoms with Gasteiger partial charge < -0.3 is 5.11 Å². The molecule has 2 aliphatic carbocycles. The molecule has 2 rings (SSSR count). The lowest BCUT2D eigenvalue weighted by molar-refractivity contribution is 0.153. The molecule has 4 atom stereocenters. The summed E-state index contributed by atoms with van der Waals surface area (Å²) in [5, 5.41) is 9.21. The van der Waals surface area contributed by atoms with E-state index >= 15 is 0 Å². The van der Waals surface area contributed by atoms with Gasteiger partial charge in [-0.15, -0.1) is 0 Å². The van der Waals surface area contributed by atoms with Crippen molar-refractivity contribution in [2.75, 3.05) is 0 Å². The van der Waals surface area contributed by atoms with E-state index in [1.54, 1.807) is 0 Å². The zero-order valence-corrected chi connectivity index (χ0v) is 5.17. The first-order valence-corrected chi connectivity index (χ1v) is 3.47. The monoisotopic (exact) mass is 112 g/mol. The summed E-state index contributed by atoms with van der Waals surface area (Å²) < 4.78 is 0. The summed E-state index contributed by atoms with van der Waals surface area (Å²) in [6.45, 7) is 2.25. The van der Waals surface area contributed by atoms with Gasteiger partial charge in [-0.05, 0) is 30.6 Å². The normalized spacial score (nSPS) is 60.8. The van der Waals surface area contributed by atoms with Gasteiger partial charge in [0.05, 0.1) is 6.10 Å². The van der Waals surface area contributed by atoms with Crippen LogP contribution in [0.4, 0.5) is 0 Å². The van der Waals surface area contributed by atoms with Crippen LogP contribution in [0, 0.1) is 17.8 Å². The smallest absolute Gasteiger partial charge is 0.0573 e. The molecule has 1 N–H and O–H groups in total. The van der Waals surface area contributed by atoms with Gasteiger partial charge in [0, 0.05) is 0 Å². The van der Waals surface area contributed by atoms with Crippen LogP contribution in [0.15, 0.2) is 0 Å². The molecule has 0 aromatic heterocycles. The zero-order valence-electron chi connectivity index (χ0n) is 5.17. The van der Waals surface area contributed by atoms with Crippen LogP contribution in [-0.2, 0) is 0 Å². The van der Waals surface area contributed by atoms with Crippen LogP contribution in [0.5, 0.6) is 0 Å². The van der Waals surface area contributed by atoms with Crippen LogP contribution in [0.25, 0.3) is 0 Å². The minimum Gasteiger partial charge on any atom is -0.393 e. The number of rotatable bonds is 0. The third-order valence-corrected chi connectivity index (χ3v) is 2.73. The fraction of sp³-hybridized carbons (Fsp3) is 1.00. The number of aliphatic hydroxyl groups is 1. The van der Waals surface area contributed by atoms with E-state index in [0.717, 1.165) is 18.3 Å². The second kappa shape index (κ2) is 1.27. The standard InChI is InChI=1S/C7H12O/c1-4-2-7(8)6-3-5(4)6/h4-8H,2-3H2,1H3/t4-,5?,6?,7?/m0/s1. The molecule has 8 heavy (non-hydrogen) atoms. The molecule has 0 aromatic carbocycles. The Morgan fingerprint density at radius 2 is 2.00 bits per heavy atom. The number of fused-ring (bicyclic) bond motifs is 1. The van der Waals surface area contributed by atoms with Crippen LogP contribution in [-0.4, -0.2) is 11.2 Å². The zero-order chi connectivity index (χ0) is 5.72. The maximum Gasteiger partial charge on any atom is 0.0573 e. The van der Waals surface area contributed by atoms with Crippen LogP contribution in [0.3, 0.4) is 0 Å². The van der Waals surface area contributed by atoms with Gasteiger partial charge in [0.2, 0.25) is 0 Å². The van der Waals surface area contributed by atoms with Crippen molar-refractivity contribution in [1.82, 2.24) is 0 Å². The molecule has 2 fully saturated rings. The first-order chi connectivity index (χ1) is 3.79. The van der Waals surface area contributed by atoms with E-state index in [2.05, 4.69) is 6.92 Å².